The van der Waals surface area contributed by atoms with Crippen molar-refractivity contribution in [2.75, 3.05) is 24.5 Å². The smallest absolute Gasteiger partial charge is 0.175 e. The first-order valence-corrected chi connectivity index (χ1v) is 10.9. The fourth-order valence-electron chi connectivity index (χ4n) is 3.48. The van der Waals surface area contributed by atoms with Crippen LogP contribution in [0.2, 0.25) is 0 Å². The van der Waals surface area contributed by atoms with Crippen molar-refractivity contribution in [2.45, 2.75) is 30.2 Å². The Hall–Kier alpha value is -2.41. The van der Waals surface area contributed by atoms with Crippen molar-refractivity contribution in [2.24, 2.45) is 4.99 Å². The first-order valence-electron chi connectivity index (χ1n) is 9.04. The topological polar surface area (TPSA) is 53.0 Å². The van der Waals surface area contributed by atoms with Crippen molar-refractivity contribution in [3.05, 3.63) is 59.9 Å². The maximum absolute atomic E-state index is 14.3. The number of sulfone groups is 1. The normalized spacial score (nSPS) is 18.2. The highest BCUT2D eigenvalue weighted by atomic mass is 32.2. The molecule has 2 aromatic carbocycles. The van der Waals surface area contributed by atoms with E-state index in [1.165, 1.54) is 12.3 Å². The van der Waals surface area contributed by atoms with E-state index in [1.807, 2.05) is 17.0 Å². The molecule has 0 aromatic heterocycles. The Bertz CT molecular complexity index is 986. The van der Waals surface area contributed by atoms with Gasteiger partial charge in [0.25, 0.3) is 0 Å². The van der Waals surface area contributed by atoms with E-state index in [2.05, 4.69) is 9.89 Å². The molecule has 1 aliphatic carbocycles. The van der Waals surface area contributed by atoms with Gasteiger partial charge in [-0.3, -0.25) is 0 Å². The van der Waals surface area contributed by atoms with Gasteiger partial charge in [0, 0.05) is 18.0 Å². The van der Waals surface area contributed by atoms with Gasteiger partial charge >= 0.3 is 0 Å². The van der Waals surface area contributed by atoms with E-state index in [9.17, 15) is 12.8 Å². The Morgan fingerprint density at radius 1 is 1.11 bits per heavy atom. The molecule has 5 nitrogen and oxygen atoms in total. The molecule has 0 radical (unpaired) electrons. The van der Waals surface area contributed by atoms with Crippen molar-refractivity contribution >= 4 is 21.4 Å². The van der Waals surface area contributed by atoms with E-state index >= 15 is 0 Å². The third-order valence-electron chi connectivity index (χ3n) is 5.23. The average Bonchev–Trinajstić information content (AvgIpc) is 2.60. The van der Waals surface area contributed by atoms with Crippen LogP contribution in [0.15, 0.2) is 58.4 Å². The molecule has 0 atom stereocenters. The summed E-state index contributed by atoms with van der Waals surface area (Å²) < 4.78 is 38.1. The molecular weight excluding hydrogens is 365 g/mol. The molecule has 0 amide bonds. The number of benzene rings is 2. The number of anilines is 1. The van der Waals surface area contributed by atoms with Crippen LogP contribution in [0.3, 0.4) is 0 Å². The molecule has 0 saturated heterocycles. The minimum absolute atomic E-state index is 0.270. The van der Waals surface area contributed by atoms with Gasteiger partial charge in [-0.1, -0.05) is 18.2 Å². The monoisotopic (exact) mass is 387 g/mol. The van der Waals surface area contributed by atoms with Crippen LogP contribution in [0.5, 0.6) is 0 Å². The molecule has 1 saturated carbocycles. The molecule has 1 fully saturated rings. The molecule has 0 spiro atoms. The lowest BCUT2D eigenvalue weighted by Gasteiger charge is -2.45. The van der Waals surface area contributed by atoms with Gasteiger partial charge in [-0.05, 0) is 49.6 Å². The highest BCUT2D eigenvalue weighted by molar-refractivity contribution is 7.90. The van der Waals surface area contributed by atoms with Gasteiger partial charge in [-0.25, -0.2) is 17.8 Å². The second kappa shape index (κ2) is 6.96. The van der Waals surface area contributed by atoms with E-state index in [0.717, 1.165) is 24.9 Å². The molecule has 27 heavy (non-hydrogen) atoms. The third-order valence-corrected chi connectivity index (χ3v) is 6.34. The summed E-state index contributed by atoms with van der Waals surface area (Å²) in [5.74, 6) is 0.418. The number of nitrogens with zero attached hydrogens (tertiary/aromatic N) is 3. The van der Waals surface area contributed by atoms with Crippen molar-refractivity contribution < 1.29 is 12.8 Å². The fraction of sp³-hybridized carbons (Fsp3) is 0.350. The highest BCUT2D eigenvalue weighted by Crippen LogP contribution is 2.30. The Morgan fingerprint density at radius 2 is 1.89 bits per heavy atom. The summed E-state index contributed by atoms with van der Waals surface area (Å²) in [4.78, 5) is 9.14. The van der Waals surface area contributed by atoms with E-state index in [0.29, 0.717) is 35.7 Å². The molecule has 7 heteroatoms. The predicted octanol–water partition coefficient (Wildman–Crippen LogP) is 3.27. The highest BCUT2D eigenvalue weighted by Gasteiger charge is 2.33. The number of halogens is 1. The number of hydrogen-bond acceptors (Lipinski definition) is 5. The first kappa shape index (κ1) is 18.0. The molecule has 4 rings (SSSR count). The summed E-state index contributed by atoms with van der Waals surface area (Å²) in [6, 6.07) is 14.0. The van der Waals surface area contributed by atoms with Gasteiger partial charge in [0.15, 0.2) is 9.84 Å². The van der Waals surface area contributed by atoms with Gasteiger partial charge in [-0.15, -0.1) is 0 Å². The molecular formula is C20H22FN3O2S. The van der Waals surface area contributed by atoms with Crippen molar-refractivity contribution in [3.63, 3.8) is 0 Å². The van der Waals surface area contributed by atoms with E-state index in [1.54, 1.807) is 30.3 Å². The first-order chi connectivity index (χ1) is 12.9. The van der Waals surface area contributed by atoms with Crippen LogP contribution in [-0.2, 0) is 9.84 Å². The SMILES string of the molecule is CS(=O)(=O)c1cccc(N2CN=C(c3ccccc3F)N(C3CCC3)C2)c1. The van der Waals surface area contributed by atoms with Gasteiger partial charge in [-0.2, -0.15) is 0 Å². The Labute approximate surface area is 159 Å². The summed E-state index contributed by atoms with van der Waals surface area (Å²) in [6.45, 7) is 0.922. The maximum Gasteiger partial charge on any atom is 0.175 e. The number of hydrogen-bond donors (Lipinski definition) is 0. The van der Waals surface area contributed by atoms with E-state index in [-0.39, 0.29) is 5.82 Å². The molecule has 1 aliphatic heterocycles. The van der Waals surface area contributed by atoms with E-state index in [4.69, 9.17) is 0 Å². The average molecular weight is 387 g/mol. The van der Waals surface area contributed by atoms with Gasteiger partial charge < -0.3 is 9.80 Å². The van der Waals surface area contributed by atoms with Crippen LogP contribution in [0.4, 0.5) is 10.1 Å². The molecule has 0 N–H and O–H groups in total. The molecule has 0 bridgehead atoms. The van der Waals surface area contributed by atoms with Crippen molar-refractivity contribution in [3.8, 4) is 0 Å². The Balaban J connectivity index is 1.68. The van der Waals surface area contributed by atoms with Crippen molar-refractivity contribution in [1.82, 2.24) is 4.90 Å². The number of aliphatic imine (C=N–C) groups is 1. The maximum atomic E-state index is 14.3. The van der Waals surface area contributed by atoms with Gasteiger partial charge in [0.05, 0.1) is 17.1 Å². The summed E-state index contributed by atoms with van der Waals surface area (Å²) in [7, 11) is -3.27. The lowest BCUT2D eigenvalue weighted by Crippen LogP contribution is -2.53. The zero-order valence-electron chi connectivity index (χ0n) is 15.2. The zero-order valence-corrected chi connectivity index (χ0v) is 16.0. The molecule has 2 aromatic rings. The molecule has 1 heterocycles. The quantitative estimate of drug-likeness (QED) is 0.808. The predicted molar refractivity (Wildman–Crippen MR) is 104 cm³/mol. The van der Waals surface area contributed by atoms with Crippen molar-refractivity contribution in [1.29, 1.82) is 0 Å². The second-order valence-electron chi connectivity index (χ2n) is 7.11. The lowest BCUT2D eigenvalue weighted by molar-refractivity contribution is 0.202. The fourth-order valence-corrected chi connectivity index (χ4v) is 4.14. The van der Waals surface area contributed by atoms with Crippen LogP contribution in [-0.4, -0.2) is 44.8 Å². The molecule has 142 valence electrons. The third kappa shape index (κ3) is 3.56. The minimum Gasteiger partial charge on any atom is -0.335 e. The second-order valence-corrected chi connectivity index (χ2v) is 9.12. The number of amidine groups is 1. The summed E-state index contributed by atoms with van der Waals surface area (Å²) in [5, 5.41) is 0. The minimum atomic E-state index is -3.27. The van der Waals surface area contributed by atoms with Crippen LogP contribution in [0, 0.1) is 5.82 Å². The Kier molecular flexibility index (Phi) is 4.63. The van der Waals surface area contributed by atoms with Crippen LogP contribution in [0.25, 0.3) is 0 Å². The van der Waals surface area contributed by atoms with E-state index < -0.39 is 9.84 Å². The Morgan fingerprint density at radius 3 is 2.56 bits per heavy atom. The number of rotatable bonds is 4. The summed E-state index contributed by atoms with van der Waals surface area (Å²) in [6.07, 6.45) is 4.49. The van der Waals surface area contributed by atoms with Crippen LogP contribution < -0.4 is 4.90 Å². The summed E-state index contributed by atoms with van der Waals surface area (Å²) >= 11 is 0. The lowest BCUT2D eigenvalue weighted by atomic mass is 9.91. The largest absolute Gasteiger partial charge is 0.335 e. The molecule has 2 aliphatic rings. The molecule has 0 unspecified atom stereocenters. The van der Waals surface area contributed by atoms with Gasteiger partial charge in [0.1, 0.15) is 18.3 Å². The van der Waals surface area contributed by atoms with Crippen LogP contribution in [0.1, 0.15) is 24.8 Å². The van der Waals surface area contributed by atoms with Crippen LogP contribution >= 0.6 is 0 Å². The standard InChI is InChI=1S/C20H22FN3O2S/c1-27(25,26)17-9-5-8-16(12-17)23-13-22-20(18-10-2-3-11-19(18)21)24(14-23)15-6-4-7-15/h2-3,5,8-12,15H,4,6-7,13-14H2,1H3. The van der Waals surface area contributed by atoms with Gasteiger partial charge in [0.2, 0.25) is 0 Å². The zero-order chi connectivity index (χ0) is 19.0. The summed E-state index contributed by atoms with van der Waals surface area (Å²) in [5.41, 5.74) is 1.33.